The van der Waals surface area contributed by atoms with Crippen molar-refractivity contribution in [1.29, 1.82) is 0 Å². The van der Waals surface area contributed by atoms with Gasteiger partial charge < -0.3 is 9.47 Å². The highest BCUT2D eigenvalue weighted by Crippen LogP contribution is 2.66. The van der Waals surface area contributed by atoms with Gasteiger partial charge in [0.15, 0.2) is 0 Å². The summed E-state index contributed by atoms with van der Waals surface area (Å²) in [4.78, 5) is 30.4. The van der Waals surface area contributed by atoms with Crippen LogP contribution in [0.3, 0.4) is 0 Å². The number of amides is 2. The number of carbonyl (C=O) groups excluding carboxylic acids is 2. The molecule has 3 aliphatic rings. The number of carbonyl (C=O) groups is 2. The zero-order chi connectivity index (χ0) is 32.7. The quantitative estimate of drug-likeness (QED) is 0.185. The Morgan fingerprint density at radius 3 is 2.09 bits per heavy atom. The van der Waals surface area contributed by atoms with Crippen LogP contribution < -0.4 is 4.90 Å². The Labute approximate surface area is 275 Å². The summed E-state index contributed by atoms with van der Waals surface area (Å²) in [6.07, 6.45) is 1.53. The van der Waals surface area contributed by atoms with Crippen LogP contribution in [0.4, 0.5) is 10.5 Å². The molecular weight excluding hydrogens is 582 g/mol. The Morgan fingerprint density at radius 1 is 0.830 bits per heavy atom. The molecule has 0 unspecified atom stereocenters. The second-order valence-electron chi connectivity index (χ2n) is 14.4. The maximum atomic E-state index is 15.3. The van der Waals surface area contributed by atoms with Crippen molar-refractivity contribution >= 4 is 50.6 Å². The molecule has 1 aliphatic carbocycles. The maximum Gasteiger partial charge on any atom is 0.421 e. The molecule has 2 atom stereocenters. The molecule has 2 aliphatic heterocycles. The summed E-state index contributed by atoms with van der Waals surface area (Å²) in [5.74, 6) is 0.413. The second-order valence-corrected chi connectivity index (χ2v) is 14.4. The van der Waals surface area contributed by atoms with E-state index in [0.29, 0.717) is 12.3 Å². The van der Waals surface area contributed by atoms with Crippen LogP contribution >= 0.6 is 0 Å². The molecule has 5 aromatic rings. The van der Waals surface area contributed by atoms with Gasteiger partial charge in [0.25, 0.3) is 5.91 Å². The molecule has 5 aromatic carbocycles. The van der Waals surface area contributed by atoms with Crippen LogP contribution in [0.15, 0.2) is 121 Å². The predicted molar refractivity (Wildman–Crippen MR) is 188 cm³/mol. The topological polar surface area (TPSA) is 55.8 Å². The molecule has 1 spiro atoms. The lowest BCUT2D eigenvalue weighted by atomic mass is 9.49. The highest BCUT2D eigenvalue weighted by Gasteiger charge is 2.68. The smallest absolute Gasteiger partial charge is 0.421 e. The Balaban J connectivity index is 1.45. The van der Waals surface area contributed by atoms with Gasteiger partial charge in [-0.3, -0.25) is 4.79 Å². The minimum Gasteiger partial charge on any atom is -0.492 e. The molecule has 0 bridgehead atoms. The third kappa shape index (κ3) is 4.08. The standard InChI is InChI=1S/C42H37NO4/c1-40(2,3)47-39(45)43-35-22-14-13-21-32(35)42(38(43)44)33(26-15-7-6-8-16-26)24-31-34(41(42,4)5)25-46-37(31)36-29-19-11-9-17-27(29)23-28-18-10-12-20-30(28)36/h6-24,34H,25H2,1-5H3/t34-,42-/m0/s1. The molecule has 8 rings (SSSR count). The van der Waals surface area contributed by atoms with Crippen LogP contribution in [0.25, 0.3) is 32.9 Å². The van der Waals surface area contributed by atoms with Gasteiger partial charge in [-0.25, -0.2) is 9.69 Å². The fourth-order valence-electron chi connectivity index (χ4n) is 8.28. The molecule has 0 N–H and O–H groups in total. The molecule has 0 radical (unpaired) electrons. The van der Waals surface area contributed by atoms with E-state index in [0.717, 1.165) is 55.1 Å². The number of nitrogens with zero attached hydrogens (tertiary/aromatic N) is 1. The summed E-state index contributed by atoms with van der Waals surface area (Å²) < 4.78 is 12.7. The number of hydrogen-bond acceptors (Lipinski definition) is 4. The first-order chi connectivity index (χ1) is 22.5. The number of benzene rings is 5. The summed E-state index contributed by atoms with van der Waals surface area (Å²) in [6.45, 7) is 10.2. The first kappa shape index (κ1) is 29.3. The minimum atomic E-state index is -1.18. The second kappa shape index (κ2) is 10.2. The SMILES string of the molecule is CC(C)(C)OC(=O)N1C(=O)[C@@]2(C(c3ccccc3)=CC3=C(c4c5ccccc5cc5ccccc45)OC[C@@H]3C2(C)C)c2ccccc21. The van der Waals surface area contributed by atoms with Crippen LogP contribution in [0.2, 0.25) is 0 Å². The van der Waals surface area contributed by atoms with E-state index in [9.17, 15) is 4.79 Å². The number of fused-ring (bicyclic) bond motifs is 5. The van der Waals surface area contributed by atoms with Crippen molar-refractivity contribution in [2.45, 2.75) is 45.6 Å². The number of allylic oxidation sites excluding steroid dienone is 1. The predicted octanol–water partition coefficient (Wildman–Crippen LogP) is 9.69. The first-order valence-corrected chi connectivity index (χ1v) is 16.3. The van der Waals surface area contributed by atoms with E-state index in [-0.39, 0.29) is 11.8 Å². The Kier molecular flexibility index (Phi) is 6.33. The molecule has 2 amide bonds. The molecule has 234 valence electrons. The maximum absolute atomic E-state index is 15.3. The monoisotopic (exact) mass is 619 g/mol. The number of rotatable bonds is 2. The number of imide groups is 1. The average molecular weight is 620 g/mol. The van der Waals surface area contributed by atoms with Crippen molar-refractivity contribution in [1.82, 2.24) is 0 Å². The van der Waals surface area contributed by atoms with Gasteiger partial charge >= 0.3 is 6.09 Å². The lowest BCUT2D eigenvalue weighted by molar-refractivity contribution is -0.125. The van der Waals surface area contributed by atoms with Gasteiger partial charge in [0, 0.05) is 17.1 Å². The van der Waals surface area contributed by atoms with E-state index in [2.05, 4.69) is 86.7 Å². The Hall–Kier alpha value is -5.16. The van der Waals surface area contributed by atoms with E-state index in [1.54, 1.807) is 0 Å². The van der Waals surface area contributed by atoms with E-state index < -0.39 is 22.5 Å². The minimum absolute atomic E-state index is 0.140. The van der Waals surface area contributed by atoms with Crippen molar-refractivity contribution in [3.63, 3.8) is 0 Å². The number of para-hydroxylation sites is 1. The fraction of sp³-hybridized carbons (Fsp3) is 0.238. The van der Waals surface area contributed by atoms with Gasteiger partial charge in [-0.05, 0) is 82.6 Å². The molecule has 0 fully saturated rings. The molecule has 0 saturated carbocycles. The molecule has 5 heteroatoms. The van der Waals surface area contributed by atoms with Gasteiger partial charge in [0.05, 0.1) is 12.3 Å². The lowest BCUT2D eigenvalue weighted by Gasteiger charge is -2.51. The van der Waals surface area contributed by atoms with E-state index in [1.807, 2.05) is 63.2 Å². The number of hydrogen-bond donors (Lipinski definition) is 0. The molecular formula is C42H37NO4. The van der Waals surface area contributed by atoms with Gasteiger partial charge in [-0.15, -0.1) is 0 Å². The van der Waals surface area contributed by atoms with Crippen LogP contribution in [-0.4, -0.2) is 24.2 Å². The number of ether oxygens (including phenoxy) is 2. The average Bonchev–Trinajstić information content (AvgIpc) is 3.59. The summed E-state index contributed by atoms with van der Waals surface area (Å²) in [7, 11) is 0. The zero-order valence-corrected chi connectivity index (χ0v) is 27.3. The van der Waals surface area contributed by atoms with Crippen LogP contribution in [0.1, 0.15) is 51.3 Å². The normalized spacial score (nSPS) is 21.6. The van der Waals surface area contributed by atoms with Crippen molar-refractivity contribution < 1.29 is 19.1 Å². The molecule has 47 heavy (non-hydrogen) atoms. The lowest BCUT2D eigenvalue weighted by Crippen LogP contribution is -2.57. The van der Waals surface area contributed by atoms with Gasteiger partial charge in [0.1, 0.15) is 16.8 Å². The van der Waals surface area contributed by atoms with E-state index in [4.69, 9.17) is 9.47 Å². The Bertz CT molecular complexity index is 2130. The third-order valence-corrected chi connectivity index (χ3v) is 10.3. The fourth-order valence-corrected chi connectivity index (χ4v) is 8.28. The molecule has 5 nitrogen and oxygen atoms in total. The third-order valence-electron chi connectivity index (χ3n) is 10.3. The highest BCUT2D eigenvalue weighted by molar-refractivity contribution is 6.26. The van der Waals surface area contributed by atoms with Gasteiger partial charge in [-0.1, -0.05) is 111 Å². The van der Waals surface area contributed by atoms with E-state index >= 15 is 4.79 Å². The Morgan fingerprint density at radius 2 is 1.43 bits per heavy atom. The highest BCUT2D eigenvalue weighted by atomic mass is 16.6. The number of anilines is 1. The summed E-state index contributed by atoms with van der Waals surface area (Å²) in [6, 6.07) is 36.9. The molecule has 0 aromatic heterocycles. The van der Waals surface area contributed by atoms with Crippen LogP contribution in [0.5, 0.6) is 0 Å². The largest absolute Gasteiger partial charge is 0.492 e. The first-order valence-electron chi connectivity index (χ1n) is 16.3. The van der Waals surface area contributed by atoms with Gasteiger partial charge in [0.2, 0.25) is 0 Å². The summed E-state index contributed by atoms with van der Waals surface area (Å²) in [5.41, 5.74) is 2.62. The summed E-state index contributed by atoms with van der Waals surface area (Å²) in [5, 5.41) is 4.54. The van der Waals surface area contributed by atoms with Crippen molar-refractivity contribution in [3.8, 4) is 0 Å². The van der Waals surface area contributed by atoms with Crippen molar-refractivity contribution in [3.05, 3.63) is 138 Å². The zero-order valence-electron chi connectivity index (χ0n) is 27.3. The molecule has 0 saturated heterocycles. The van der Waals surface area contributed by atoms with E-state index in [1.165, 1.54) is 4.90 Å². The van der Waals surface area contributed by atoms with Crippen LogP contribution in [-0.2, 0) is 19.7 Å². The van der Waals surface area contributed by atoms with Crippen molar-refractivity contribution in [2.75, 3.05) is 11.5 Å². The van der Waals surface area contributed by atoms with Crippen molar-refractivity contribution in [2.24, 2.45) is 11.3 Å². The van der Waals surface area contributed by atoms with Crippen LogP contribution in [0, 0.1) is 11.3 Å². The summed E-state index contributed by atoms with van der Waals surface area (Å²) >= 11 is 0. The molecule has 2 heterocycles. The van der Waals surface area contributed by atoms with Gasteiger partial charge in [-0.2, -0.15) is 0 Å².